The van der Waals surface area contributed by atoms with Crippen LogP contribution >= 0.6 is 11.8 Å². The fourth-order valence-electron chi connectivity index (χ4n) is 2.13. The molecule has 0 aliphatic carbocycles. The second-order valence-electron chi connectivity index (χ2n) is 5.33. The number of carbonyl (C=O) groups is 2. The summed E-state index contributed by atoms with van der Waals surface area (Å²) in [5, 5.41) is 4.87. The summed E-state index contributed by atoms with van der Waals surface area (Å²) in [7, 11) is 1.84. The molecule has 0 spiro atoms. The molecular weight excluding hydrogens is 326 g/mol. The van der Waals surface area contributed by atoms with Gasteiger partial charge < -0.3 is 9.73 Å². The average Bonchev–Trinajstić information content (AvgIpc) is 3.07. The first-order chi connectivity index (χ1) is 11.6. The van der Waals surface area contributed by atoms with Gasteiger partial charge in [0.2, 0.25) is 5.91 Å². The third kappa shape index (κ3) is 6.10. The largest absolute Gasteiger partial charge is 0.467 e. The normalized spacial score (nSPS) is 10.6. The van der Waals surface area contributed by atoms with Crippen LogP contribution in [-0.2, 0) is 17.9 Å². The van der Waals surface area contributed by atoms with Crippen molar-refractivity contribution in [1.82, 2.24) is 15.5 Å². The molecule has 3 amide bonds. The maximum Gasteiger partial charge on any atom is 0.321 e. The van der Waals surface area contributed by atoms with Gasteiger partial charge in [-0.15, -0.1) is 11.8 Å². The number of hydrogen-bond donors (Lipinski definition) is 2. The van der Waals surface area contributed by atoms with Crippen molar-refractivity contribution in [2.75, 3.05) is 19.8 Å². The van der Waals surface area contributed by atoms with Crippen molar-refractivity contribution in [3.05, 3.63) is 54.0 Å². The Bertz CT molecular complexity index is 656. The zero-order chi connectivity index (χ0) is 17.4. The predicted octanol–water partition coefficient (Wildman–Crippen LogP) is 2.46. The van der Waals surface area contributed by atoms with Crippen molar-refractivity contribution in [2.24, 2.45) is 0 Å². The predicted molar refractivity (Wildman–Crippen MR) is 93.6 cm³/mol. The summed E-state index contributed by atoms with van der Waals surface area (Å²) in [5.41, 5.74) is 1.12. The van der Waals surface area contributed by atoms with E-state index in [4.69, 9.17) is 4.42 Å². The number of benzene rings is 1. The summed E-state index contributed by atoms with van der Waals surface area (Å²) in [5.74, 6) is 0.276. The molecule has 2 rings (SSSR count). The highest BCUT2D eigenvalue weighted by Crippen LogP contribution is 2.15. The Labute approximate surface area is 145 Å². The molecule has 0 bridgehead atoms. The van der Waals surface area contributed by atoms with Crippen LogP contribution in [0.1, 0.15) is 11.3 Å². The number of carbonyl (C=O) groups excluding carboxylic acids is 2. The Morgan fingerprint density at radius 2 is 1.96 bits per heavy atom. The van der Waals surface area contributed by atoms with E-state index < -0.39 is 6.03 Å². The lowest BCUT2D eigenvalue weighted by molar-refractivity contribution is -0.120. The highest BCUT2D eigenvalue weighted by molar-refractivity contribution is 7.98. The Balaban J connectivity index is 1.71. The van der Waals surface area contributed by atoms with Gasteiger partial charge in [0.25, 0.3) is 0 Å². The van der Waals surface area contributed by atoms with Crippen molar-refractivity contribution < 1.29 is 14.0 Å². The molecule has 1 aromatic carbocycles. The Kier molecular flexibility index (Phi) is 6.89. The molecule has 0 aliphatic rings. The van der Waals surface area contributed by atoms with E-state index in [0.29, 0.717) is 12.3 Å². The molecule has 2 N–H and O–H groups in total. The number of amides is 3. The van der Waals surface area contributed by atoms with E-state index in [1.807, 2.05) is 30.3 Å². The quantitative estimate of drug-likeness (QED) is 0.753. The summed E-state index contributed by atoms with van der Waals surface area (Å²) in [6.07, 6.45) is 3.56. The minimum absolute atomic E-state index is 0.137. The number of thioether (sulfide) groups is 1. The first-order valence-corrected chi connectivity index (χ1v) is 8.71. The molecule has 0 aliphatic heterocycles. The number of nitrogens with zero attached hydrogens (tertiary/aromatic N) is 1. The van der Waals surface area contributed by atoms with E-state index in [0.717, 1.165) is 5.56 Å². The molecule has 0 saturated heterocycles. The Morgan fingerprint density at radius 3 is 2.58 bits per heavy atom. The Hall–Kier alpha value is -2.25. The van der Waals surface area contributed by atoms with Crippen LogP contribution in [0, 0.1) is 0 Å². The maximum atomic E-state index is 11.9. The second kappa shape index (κ2) is 9.14. The molecule has 24 heavy (non-hydrogen) atoms. The molecule has 7 heteroatoms. The molecule has 0 radical (unpaired) electrons. The number of urea groups is 1. The molecule has 6 nitrogen and oxygen atoms in total. The standard InChI is InChI=1S/C17H21N3O3S/c1-20(11-13-5-7-15(24-2)8-6-13)12-16(21)19-17(22)18-10-14-4-3-9-23-14/h3-9H,10-12H2,1-2H3,(H2,18,19,21,22). The van der Waals surface area contributed by atoms with Gasteiger partial charge in [-0.25, -0.2) is 4.79 Å². The van der Waals surface area contributed by atoms with Gasteiger partial charge in [0, 0.05) is 11.4 Å². The topological polar surface area (TPSA) is 74.6 Å². The molecule has 2 aromatic rings. The van der Waals surface area contributed by atoms with E-state index in [2.05, 4.69) is 22.8 Å². The van der Waals surface area contributed by atoms with Gasteiger partial charge in [0.15, 0.2) is 0 Å². The minimum atomic E-state index is -0.533. The molecule has 128 valence electrons. The molecule has 1 heterocycles. The highest BCUT2D eigenvalue weighted by atomic mass is 32.2. The minimum Gasteiger partial charge on any atom is -0.467 e. The van der Waals surface area contributed by atoms with Crippen LogP contribution in [0.3, 0.4) is 0 Å². The van der Waals surface area contributed by atoms with Gasteiger partial charge >= 0.3 is 6.03 Å². The fourth-order valence-corrected chi connectivity index (χ4v) is 2.54. The SMILES string of the molecule is CSc1ccc(CN(C)CC(=O)NC(=O)NCc2ccco2)cc1. The van der Waals surface area contributed by atoms with Crippen LogP contribution in [0.2, 0.25) is 0 Å². The molecule has 1 aromatic heterocycles. The lowest BCUT2D eigenvalue weighted by atomic mass is 10.2. The lowest BCUT2D eigenvalue weighted by Gasteiger charge is -2.16. The average molecular weight is 347 g/mol. The molecular formula is C17H21N3O3S. The smallest absolute Gasteiger partial charge is 0.321 e. The first-order valence-electron chi connectivity index (χ1n) is 7.48. The van der Waals surface area contributed by atoms with Gasteiger partial charge in [-0.2, -0.15) is 0 Å². The number of nitrogens with one attached hydrogen (secondary N) is 2. The van der Waals surface area contributed by atoms with Crippen LogP contribution in [0.4, 0.5) is 4.79 Å². The number of furan rings is 1. The summed E-state index contributed by atoms with van der Waals surface area (Å²) in [4.78, 5) is 26.6. The Morgan fingerprint density at radius 1 is 1.21 bits per heavy atom. The summed E-state index contributed by atoms with van der Waals surface area (Å²) < 4.78 is 5.10. The molecule has 0 saturated carbocycles. The summed E-state index contributed by atoms with van der Waals surface area (Å²) >= 11 is 1.69. The van der Waals surface area contributed by atoms with Gasteiger partial charge in [0.05, 0.1) is 19.4 Å². The van der Waals surface area contributed by atoms with E-state index in [1.165, 1.54) is 11.2 Å². The monoisotopic (exact) mass is 347 g/mol. The van der Waals surface area contributed by atoms with Crippen molar-refractivity contribution in [3.8, 4) is 0 Å². The number of rotatable bonds is 7. The van der Waals surface area contributed by atoms with Gasteiger partial charge in [-0.3, -0.25) is 15.0 Å². The van der Waals surface area contributed by atoms with Crippen LogP contribution in [0.15, 0.2) is 52.0 Å². The first kappa shape index (κ1) is 18.1. The zero-order valence-electron chi connectivity index (χ0n) is 13.7. The van der Waals surface area contributed by atoms with Crippen molar-refractivity contribution in [3.63, 3.8) is 0 Å². The van der Waals surface area contributed by atoms with Crippen LogP contribution < -0.4 is 10.6 Å². The molecule has 0 atom stereocenters. The lowest BCUT2D eigenvalue weighted by Crippen LogP contribution is -2.43. The third-order valence-corrected chi connectivity index (χ3v) is 4.02. The summed E-state index contributed by atoms with van der Waals surface area (Å²) in [6, 6.07) is 11.1. The van der Waals surface area contributed by atoms with E-state index in [1.54, 1.807) is 23.9 Å². The maximum absolute atomic E-state index is 11.9. The summed E-state index contributed by atoms with van der Waals surface area (Å²) in [6.45, 7) is 1.01. The number of likely N-dealkylation sites (N-methyl/N-ethyl adjacent to an activating group) is 1. The number of hydrogen-bond acceptors (Lipinski definition) is 5. The highest BCUT2D eigenvalue weighted by Gasteiger charge is 2.11. The third-order valence-electron chi connectivity index (χ3n) is 3.28. The van der Waals surface area contributed by atoms with E-state index in [-0.39, 0.29) is 19.0 Å². The van der Waals surface area contributed by atoms with Crippen molar-refractivity contribution >= 4 is 23.7 Å². The van der Waals surface area contributed by atoms with Crippen molar-refractivity contribution in [2.45, 2.75) is 18.0 Å². The van der Waals surface area contributed by atoms with Gasteiger partial charge in [-0.1, -0.05) is 12.1 Å². The van der Waals surface area contributed by atoms with Gasteiger partial charge in [-0.05, 0) is 43.1 Å². The molecule has 0 unspecified atom stereocenters. The van der Waals surface area contributed by atoms with Crippen LogP contribution in [0.25, 0.3) is 0 Å². The molecule has 0 fully saturated rings. The second-order valence-corrected chi connectivity index (χ2v) is 6.21. The van der Waals surface area contributed by atoms with Crippen molar-refractivity contribution in [1.29, 1.82) is 0 Å². The van der Waals surface area contributed by atoms with E-state index >= 15 is 0 Å². The van der Waals surface area contributed by atoms with E-state index in [9.17, 15) is 9.59 Å². The van der Waals surface area contributed by atoms with Crippen LogP contribution in [-0.4, -0.2) is 36.7 Å². The zero-order valence-corrected chi connectivity index (χ0v) is 14.6. The number of imide groups is 1. The fraction of sp³-hybridized carbons (Fsp3) is 0.294. The van der Waals surface area contributed by atoms with Gasteiger partial charge in [0.1, 0.15) is 5.76 Å². The van der Waals surface area contributed by atoms with Crippen LogP contribution in [0.5, 0.6) is 0 Å².